The molecule has 0 saturated heterocycles. The van der Waals surface area contributed by atoms with Crippen molar-refractivity contribution in [3.8, 4) is 16.9 Å². The zero-order valence-electron chi connectivity index (χ0n) is 25.4. The maximum absolute atomic E-state index is 12.7. The Balaban J connectivity index is 0.000000416. The van der Waals surface area contributed by atoms with Gasteiger partial charge in [0.25, 0.3) is 5.91 Å². The summed E-state index contributed by atoms with van der Waals surface area (Å²) in [6, 6.07) is 35.3. The highest BCUT2D eigenvalue weighted by atomic mass is 16.5. The summed E-state index contributed by atoms with van der Waals surface area (Å²) < 4.78 is 6.21. The van der Waals surface area contributed by atoms with E-state index < -0.39 is 24.1 Å². The van der Waals surface area contributed by atoms with Crippen molar-refractivity contribution in [3.05, 3.63) is 125 Å². The maximum atomic E-state index is 12.7. The molecule has 1 aliphatic heterocycles. The number of carbonyl (C=O) groups is 3. The summed E-state index contributed by atoms with van der Waals surface area (Å²) >= 11 is 0. The van der Waals surface area contributed by atoms with Gasteiger partial charge in [0.05, 0.1) is 0 Å². The van der Waals surface area contributed by atoms with Gasteiger partial charge in [-0.3, -0.25) is 4.79 Å². The lowest BCUT2D eigenvalue weighted by Gasteiger charge is -2.27. The molecule has 1 amide bonds. The van der Waals surface area contributed by atoms with Crippen molar-refractivity contribution in [2.45, 2.75) is 50.7 Å². The van der Waals surface area contributed by atoms with Gasteiger partial charge in [0.15, 0.2) is 12.2 Å². The number of nitrogens with one attached hydrogen (secondary N) is 2. The van der Waals surface area contributed by atoms with E-state index in [1.54, 1.807) is 0 Å². The molecule has 1 aliphatic rings. The molecule has 5 rings (SSSR count). The molecule has 0 bridgehead atoms. The van der Waals surface area contributed by atoms with Crippen LogP contribution in [0.15, 0.2) is 103 Å². The number of hydrogen-bond donors (Lipinski definition) is 6. The Bertz CT molecular complexity index is 1600. The van der Waals surface area contributed by atoms with Crippen LogP contribution in [0.4, 0.5) is 0 Å². The number of carboxylic acid groups (broad SMARTS) is 2. The minimum Gasteiger partial charge on any atom is -0.489 e. The molecule has 1 heterocycles. The predicted octanol–water partition coefficient (Wildman–Crippen LogP) is 4.21. The summed E-state index contributed by atoms with van der Waals surface area (Å²) in [6.45, 7) is 3.48. The number of rotatable bonds is 12. The maximum Gasteiger partial charge on any atom is 0.335 e. The molecular formula is C36H38N2O8. The van der Waals surface area contributed by atoms with Crippen LogP contribution in [0.2, 0.25) is 0 Å². The summed E-state index contributed by atoms with van der Waals surface area (Å²) in [5.41, 5.74) is 6.55. The third-order valence-corrected chi connectivity index (χ3v) is 7.67. The number of carbonyl (C=O) groups excluding carboxylic acids is 1. The first kappa shape index (κ1) is 33.9. The molecule has 46 heavy (non-hydrogen) atoms. The van der Waals surface area contributed by atoms with Crippen LogP contribution in [0, 0.1) is 0 Å². The van der Waals surface area contributed by atoms with Crippen molar-refractivity contribution >= 4 is 17.8 Å². The first-order valence-electron chi connectivity index (χ1n) is 14.9. The van der Waals surface area contributed by atoms with Gasteiger partial charge in [0.1, 0.15) is 12.4 Å². The van der Waals surface area contributed by atoms with Crippen LogP contribution in [0.1, 0.15) is 46.4 Å². The summed E-state index contributed by atoms with van der Waals surface area (Å²) in [4.78, 5) is 32.3. The molecule has 0 spiro atoms. The minimum absolute atomic E-state index is 0.00155. The van der Waals surface area contributed by atoms with Crippen molar-refractivity contribution in [1.82, 2.24) is 10.6 Å². The third kappa shape index (κ3) is 9.24. The lowest BCUT2D eigenvalue weighted by atomic mass is 9.93. The predicted molar refractivity (Wildman–Crippen MR) is 172 cm³/mol. The Hall–Kier alpha value is -5.03. The van der Waals surface area contributed by atoms with E-state index >= 15 is 0 Å². The van der Waals surface area contributed by atoms with E-state index in [-0.39, 0.29) is 18.0 Å². The van der Waals surface area contributed by atoms with E-state index in [4.69, 9.17) is 25.2 Å². The van der Waals surface area contributed by atoms with Crippen LogP contribution in [0.25, 0.3) is 11.1 Å². The first-order valence-corrected chi connectivity index (χ1v) is 14.9. The molecule has 0 aromatic heterocycles. The third-order valence-electron chi connectivity index (χ3n) is 7.67. The Kier molecular flexibility index (Phi) is 12.0. The quantitative estimate of drug-likeness (QED) is 0.135. The van der Waals surface area contributed by atoms with Crippen LogP contribution >= 0.6 is 0 Å². The number of hydrogen-bond acceptors (Lipinski definition) is 7. The second-order valence-corrected chi connectivity index (χ2v) is 10.9. The minimum atomic E-state index is -2.27. The molecule has 4 atom stereocenters. The Morgan fingerprint density at radius 1 is 0.848 bits per heavy atom. The SMILES string of the molecule is C[C@@H](NCCC1Cc2cc(OCc3ccccc3-c3ccccc3)ccc2C(=O)N1)c1ccccc1.O=C(O)[C@H](O)[C@@H](O)C(=O)O. The fourth-order valence-electron chi connectivity index (χ4n) is 5.11. The first-order chi connectivity index (χ1) is 22.1. The Morgan fingerprint density at radius 2 is 1.46 bits per heavy atom. The average Bonchev–Trinajstić information content (AvgIpc) is 3.07. The van der Waals surface area contributed by atoms with Gasteiger partial charge in [-0.25, -0.2) is 9.59 Å². The molecule has 4 aromatic carbocycles. The Morgan fingerprint density at radius 3 is 2.11 bits per heavy atom. The van der Waals surface area contributed by atoms with Gasteiger partial charge >= 0.3 is 11.9 Å². The Labute approximate surface area is 267 Å². The number of ether oxygens (including phenoxy) is 1. The molecule has 4 aromatic rings. The molecule has 240 valence electrons. The van der Waals surface area contributed by atoms with Crippen molar-refractivity contribution in [2.75, 3.05) is 6.54 Å². The highest BCUT2D eigenvalue weighted by Crippen LogP contribution is 2.27. The standard InChI is InChI=1S/C32H32N2O2.C4H6O6/c1-23(24-10-4-2-5-11-24)33-19-18-28-20-27-21-29(16-17-31(27)32(35)34-28)36-22-26-14-8-9-15-30(26)25-12-6-3-7-13-25;5-1(3(7)8)2(6)4(9)10/h2-17,21,23,28,33H,18-20,22H2,1H3,(H,34,35);1-2,5-6H,(H,7,8)(H,9,10)/t23-,28?;1-,2-/m11/s1. The molecule has 0 saturated carbocycles. The molecule has 1 unspecified atom stereocenters. The monoisotopic (exact) mass is 626 g/mol. The summed E-state index contributed by atoms with van der Waals surface area (Å²) in [5.74, 6) is -2.75. The number of aliphatic carboxylic acids is 2. The molecule has 0 aliphatic carbocycles. The average molecular weight is 627 g/mol. The van der Waals surface area contributed by atoms with Crippen molar-refractivity contribution in [1.29, 1.82) is 0 Å². The fraction of sp³-hybridized carbons (Fsp3) is 0.250. The van der Waals surface area contributed by atoms with E-state index in [1.807, 2.05) is 36.4 Å². The molecule has 10 heteroatoms. The van der Waals surface area contributed by atoms with E-state index in [2.05, 4.69) is 84.3 Å². The van der Waals surface area contributed by atoms with Gasteiger partial charge in [0, 0.05) is 17.6 Å². The summed E-state index contributed by atoms with van der Waals surface area (Å²) in [6.07, 6.45) is -2.85. The number of fused-ring (bicyclic) bond motifs is 1. The number of benzene rings is 4. The molecule has 6 N–H and O–H groups in total. The van der Waals surface area contributed by atoms with Crippen LogP contribution < -0.4 is 15.4 Å². The second-order valence-electron chi connectivity index (χ2n) is 10.9. The zero-order valence-corrected chi connectivity index (χ0v) is 25.4. The molecular weight excluding hydrogens is 588 g/mol. The fourth-order valence-corrected chi connectivity index (χ4v) is 5.11. The van der Waals surface area contributed by atoms with E-state index in [0.29, 0.717) is 6.61 Å². The van der Waals surface area contributed by atoms with Gasteiger partial charge < -0.3 is 35.8 Å². The van der Waals surface area contributed by atoms with Gasteiger partial charge in [-0.2, -0.15) is 0 Å². The number of amides is 1. The largest absolute Gasteiger partial charge is 0.489 e. The summed E-state index contributed by atoms with van der Waals surface area (Å²) in [5, 5.41) is 39.3. The lowest BCUT2D eigenvalue weighted by molar-refractivity contribution is -0.165. The highest BCUT2D eigenvalue weighted by molar-refractivity contribution is 5.97. The molecule has 0 fully saturated rings. The lowest BCUT2D eigenvalue weighted by Crippen LogP contribution is -2.43. The van der Waals surface area contributed by atoms with E-state index in [0.717, 1.165) is 41.8 Å². The van der Waals surface area contributed by atoms with Gasteiger partial charge in [-0.05, 0) is 72.3 Å². The smallest absolute Gasteiger partial charge is 0.335 e. The molecule has 0 radical (unpaired) electrons. The highest BCUT2D eigenvalue weighted by Gasteiger charge is 2.29. The zero-order chi connectivity index (χ0) is 33.1. The van der Waals surface area contributed by atoms with Crippen LogP contribution in [-0.4, -0.2) is 63.1 Å². The number of carboxylic acids is 2. The van der Waals surface area contributed by atoms with Crippen molar-refractivity contribution < 1.29 is 39.5 Å². The van der Waals surface area contributed by atoms with Gasteiger partial charge in [-0.15, -0.1) is 0 Å². The second kappa shape index (κ2) is 16.3. The van der Waals surface area contributed by atoms with Gasteiger partial charge in [0.2, 0.25) is 0 Å². The van der Waals surface area contributed by atoms with Crippen LogP contribution in [0.5, 0.6) is 5.75 Å². The van der Waals surface area contributed by atoms with Crippen molar-refractivity contribution in [2.24, 2.45) is 0 Å². The van der Waals surface area contributed by atoms with E-state index in [9.17, 15) is 14.4 Å². The normalized spacial score (nSPS) is 15.6. The topological polar surface area (TPSA) is 165 Å². The van der Waals surface area contributed by atoms with Crippen molar-refractivity contribution in [3.63, 3.8) is 0 Å². The molecule has 10 nitrogen and oxygen atoms in total. The summed E-state index contributed by atoms with van der Waals surface area (Å²) in [7, 11) is 0. The van der Waals surface area contributed by atoms with Crippen LogP contribution in [0.3, 0.4) is 0 Å². The van der Waals surface area contributed by atoms with E-state index in [1.165, 1.54) is 16.7 Å². The van der Waals surface area contributed by atoms with Crippen LogP contribution in [-0.2, 0) is 22.6 Å². The number of aliphatic hydroxyl groups excluding tert-OH is 2. The van der Waals surface area contributed by atoms with Gasteiger partial charge in [-0.1, -0.05) is 84.9 Å². The number of aliphatic hydroxyl groups is 2.